The molecule has 8 heteroatoms. The van der Waals surface area contributed by atoms with E-state index in [1.54, 1.807) is 25.2 Å². The van der Waals surface area contributed by atoms with Crippen molar-refractivity contribution < 1.29 is 9.90 Å². The molecule has 0 amide bonds. The van der Waals surface area contributed by atoms with Gasteiger partial charge in [0.15, 0.2) is 5.16 Å². The Morgan fingerprint density at radius 2 is 2.05 bits per heavy atom. The van der Waals surface area contributed by atoms with Gasteiger partial charge in [0, 0.05) is 24.0 Å². The second-order valence-electron chi connectivity index (χ2n) is 4.30. The topological polar surface area (TPSA) is 101 Å². The largest absolute Gasteiger partial charge is 0.478 e. The molecule has 2 aromatic heterocycles. The van der Waals surface area contributed by atoms with Gasteiger partial charge in [-0.05, 0) is 11.8 Å². The first-order chi connectivity index (χ1) is 10.1. The van der Waals surface area contributed by atoms with Crippen LogP contribution in [0.4, 0.5) is 0 Å². The van der Waals surface area contributed by atoms with Crippen molar-refractivity contribution in [2.75, 3.05) is 0 Å². The Morgan fingerprint density at radius 3 is 2.67 bits per heavy atom. The van der Waals surface area contributed by atoms with Crippen LogP contribution in [-0.4, -0.2) is 30.8 Å². The van der Waals surface area contributed by atoms with Crippen molar-refractivity contribution >= 4 is 28.5 Å². The molecule has 21 heavy (non-hydrogen) atoms. The number of nitrogens with one attached hydrogen (secondary N) is 1. The number of hydrogen-bond acceptors (Lipinski definition) is 5. The van der Waals surface area contributed by atoms with E-state index < -0.39 is 5.97 Å². The number of benzene rings is 1. The number of carboxylic acids is 1. The lowest BCUT2D eigenvalue weighted by Crippen LogP contribution is -2.12. The van der Waals surface area contributed by atoms with Gasteiger partial charge in [0.25, 0.3) is 0 Å². The fourth-order valence-electron chi connectivity index (χ4n) is 1.93. The standard InChI is InChI=1S/C13H10N4O3S/c1-17-12(20)15-16-13(17)21-10-8-5-3-2-4-7(8)9(6-14-10)11(18)19/h2-6H,1H3,(H,15,20)(H,18,19). The van der Waals surface area contributed by atoms with E-state index in [2.05, 4.69) is 15.2 Å². The van der Waals surface area contributed by atoms with Gasteiger partial charge < -0.3 is 5.11 Å². The number of nitrogens with zero attached hydrogens (tertiary/aromatic N) is 3. The Morgan fingerprint density at radius 1 is 1.33 bits per heavy atom. The molecule has 3 rings (SSSR count). The summed E-state index contributed by atoms with van der Waals surface area (Å²) in [5, 5.41) is 17.8. The Hall–Kier alpha value is -2.61. The highest BCUT2D eigenvalue weighted by atomic mass is 32.2. The van der Waals surface area contributed by atoms with Gasteiger partial charge in [-0.2, -0.15) is 0 Å². The minimum Gasteiger partial charge on any atom is -0.478 e. The van der Waals surface area contributed by atoms with Crippen LogP contribution < -0.4 is 5.69 Å². The average Bonchev–Trinajstić information content (AvgIpc) is 2.79. The maximum Gasteiger partial charge on any atom is 0.343 e. The van der Waals surface area contributed by atoms with Crippen molar-refractivity contribution in [3.8, 4) is 0 Å². The first-order valence-corrected chi connectivity index (χ1v) is 6.80. The van der Waals surface area contributed by atoms with Gasteiger partial charge in [-0.15, -0.1) is 5.10 Å². The number of fused-ring (bicyclic) bond motifs is 1. The van der Waals surface area contributed by atoms with E-state index >= 15 is 0 Å². The molecule has 0 aliphatic carbocycles. The highest BCUT2D eigenvalue weighted by Gasteiger charge is 2.15. The van der Waals surface area contributed by atoms with Crippen molar-refractivity contribution in [3.63, 3.8) is 0 Å². The molecular weight excluding hydrogens is 292 g/mol. The van der Waals surface area contributed by atoms with Crippen LogP contribution >= 0.6 is 11.8 Å². The summed E-state index contributed by atoms with van der Waals surface area (Å²) in [6.45, 7) is 0. The van der Waals surface area contributed by atoms with E-state index in [1.807, 2.05) is 6.07 Å². The van der Waals surface area contributed by atoms with E-state index in [0.717, 1.165) is 0 Å². The van der Waals surface area contributed by atoms with Gasteiger partial charge in [-0.25, -0.2) is 19.7 Å². The number of carbonyl (C=O) groups is 1. The van der Waals surface area contributed by atoms with Crippen LogP contribution in [0.1, 0.15) is 10.4 Å². The Balaban J connectivity index is 2.16. The minimum atomic E-state index is -1.03. The maximum absolute atomic E-state index is 11.4. The molecule has 7 nitrogen and oxygen atoms in total. The summed E-state index contributed by atoms with van der Waals surface area (Å²) in [5.74, 6) is -1.03. The number of hydrogen-bond donors (Lipinski definition) is 2. The number of aromatic amines is 1. The third-order valence-electron chi connectivity index (χ3n) is 3.02. The number of aromatic carboxylic acids is 1. The molecule has 0 spiro atoms. The van der Waals surface area contributed by atoms with E-state index in [0.29, 0.717) is 21.0 Å². The van der Waals surface area contributed by atoms with Crippen LogP contribution in [0, 0.1) is 0 Å². The van der Waals surface area contributed by atoms with Crippen molar-refractivity contribution in [3.05, 3.63) is 46.5 Å². The number of aromatic nitrogens is 4. The van der Waals surface area contributed by atoms with Gasteiger partial charge in [0.2, 0.25) is 0 Å². The van der Waals surface area contributed by atoms with E-state index in [4.69, 9.17) is 0 Å². The van der Waals surface area contributed by atoms with Gasteiger partial charge in [-0.1, -0.05) is 24.3 Å². The second kappa shape index (κ2) is 5.06. The predicted octanol–water partition coefficient (Wildman–Crippen LogP) is 1.51. The minimum absolute atomic E-state index is 0.144. The van der Waals surface area contributed by atoms with Crippen molar-refractivity contribution in [1.82, 2.24) is 19.7 Å². The summed E-state index contributed by atoms with van der Waals surface area (Å²) in [6, 6.07) is 7.10. The summed E-state index contributed by atoms with van der Waals surface area (Å²) in [4.78, 5) is 26.8. The highest BCUT2D eigenvalue weighted by molar-refractivity contribution is 7.99. The number of carboxylic acid groups (broad SMARTS) is 1. The van der Waals surface area contributed by atoms with Crippen LogP contribution in [0.25, 0.3) is 10.8 Å². The lowest BCUT2D eigenvalue weighted by molar-refractivity contribution is 0.0698. The average molecular weight is 302 g/mol. The second-order valence-corrected chi connectivity index (χ2v) is 5.26. The Bertz CT molecular complexity index is 900. The molecule has 2 N–H and O–H groups in total. The van der Waals surface area contributed by atoms with Crippen LogP contribution in [0.5, 0.6) is 0 Å². The normalized spacial score (nSPS) is 10.9. The van der Waals surface area contributed by atoms with E-state index in [1.165, 1.54) is 22.5 Å². The number of rotatable bonds is 3. The monoisotopic (exact) mass is 302 g/mol. The van der Waals surface area contributed by atoms with Gasteiger partial charge in [0.1, 0.15) is 5.03 Å². The lowest BCUT2D eigenvalue weighted by Gasteiger charge is -2.07. The van der Waals surface area contributed by atoms with Crippen molar-refractivity contribution in [1.29, 1.82) is 0 Å². The molecule has 0 atom stereocenters. The molecule has 0 aliphatic heterocycles. The molecule has 0 saturated heterocycles. The third kappa shape index (κ3) is 2.29. The fourth-order valence-corrected chi connectivity index (χ4v) is 2.81. The maximum atomic E-state index is 11.4. The van der Waals surface area contributed by atoms with Gasteiger partial charge in [-0.3, -0.25) is 4.57 Å². The molecule has 2 heterocycles. The Labute approximate surface area is 122 Å². The molecule has 0 bridgehead atoms. The van der Waals surface area contributed by atoms with Crippen molar-refractivity contribution in [2.24, 2.45) is 7.05 Å². The van der Waals surface area contributed by atoms with Gasteiger partial charge >= 0.3 is 11.7 Å². The van der Waals surface area contributed by atoms with E-state index in [-0.39, 0.29) is 11.3 Å². The molecule has 0 radical (unpaired) electrons. The van der Waals surface area contributed by atoms with Crippen molar-refractivity contribution in [2.45, 2.75) is 10.2 Å². The third-order valence-corrected chi connectivity index (χ3v) is 4.08. The molecule has 0 saturated carbocycles. The first-order valence-electron chi connectivity index (χ1n) is 5.98. The van der Waals surface area contributed by atoms with Gasteiger partial charge in [0.05, 0.1) is 5.56 Å². The van der Waals surface area contributed by atoms with Crippen LogP contribution in [0.15, 0.2) is 45.4 Å². The summed E-state index contributed by atoms with van der Waals surface area (Å²) in [7, 11) is 1.60. The zero-order chi connectivity index (χ0) is 15.0. The smallest absolute Gasteiger partial charge is 0.343 e. The molecule has 0 unspecified atom stereocenters. The molecule has 1 aromatic carbocycles. The zero-order valence-corrected chi connectivity index (χ0v) is 11.7. The first kappa shape index (κ1) is 13.4. The number of pyridine rings is 1. The predicted molar refractivity (Wildman–Crippen MR) is 76.7 cm³/mol. The highest BCUT2D eigenvalue weighted by Crippen LogP contribution is 2.31. The zero-order valence-electron chi connectivity index (χ0n) is 10.9. The molecule has 3 aromatic rings. The molecule has 0 aliphatic rings. The summed E-state index contributed by atoms with van der Waals surface area (Å²) in [6.07, 6.45) is 1.32. The molecule has 106 valence electrons. The Kier molecular flexibility index (Phi) is 3.22. The fraction of sp³-hybridized carbons (Fsp3) is 0.0769. The molecular formula is C13H10N4O3S. The SMILES string of the molecule is Cn1c(Sc2ncc(C(=O)O)c3ccccc23)n[nH]c1=O. The number of H-pyrrole nitrogens is 1. The summed E-state index contributed by atoms with van der Waals surface area (Å²) < 4.78 is 1.37. The van der Waals surface area contributed by atoms with E-state index in [9.17, 15) is 14.7 Å². The molecule has 0 fully saturated rings. The van der Waals surface area contributed by atoms with Crippen LogP contribution in [0.2, 0.25) is 0 Å². The summed E-state index contributed by atoms with van der Waals surface area (Å²) >= 11 is 1.20. The summed E-state index contributed by atoms with van der Waals surface area (Å²) in [5.41, 5.74) is -0.171. The quantitative estimate of drug-likeness (QED) is 0.760. The van der Waals surface area contributed by atoms with Crippen LogP contribution in [0.3, 0.4) is 0 Å². The van der Waals surface area contributed by atoms with Crippen LogP contribution in [-0.2, 0) is 7.05 Å². The lowest BCUT2D eigenvalue weighted by atomic mass is 10.1.